The zero-order valence-electron chi connectivity index (χ0n) is 12.2. The number of halogens is 1. The molecule has 0 radical (unpaired) electrons. The van der Waals surface area contributed by atoms with Crippen molar-refractivity contribution in [2.75, 3.05) is 27.4 Å². The number of ether oxygens (including phenoxy) is 2. The second-order valence-corrected chi connectivity index (χ2v) is 5.58. The Hall–Kier alpha value is -1.50. The van der Waals surface area contributed by atoms with Gasteiger partial charge in [-0.1, -0.05) is 6.07 Å². The van der Waals surface area contributed by atoms with Crippen molar-refractivity contribution in [3.05, 3.63) is 46.2 Å². The highest BCUT2D eigenvalue weighted by Gasteiger charge is 2.11. The number of benzene rings is 1. The van der Waals surface area contributed by atoms with Gasteiger partial charge in [-0.15, -0.1) is 11.3 Å². The van der Waals surface area contributed by atoms with Crippen LogP contribution in [0.4, 0.5) is 4.39 Å². The van der Waals surface area contributed by atoms with Crippen molar-refractivity contribution in [2.24, 2.45) is 0 Å². The van der Waals surface area contributed by atoms with E-state index >= 15 is 0 Å². The van der Waals surface area contributed by atoms with Crippen LogP contribution in [0.25, 0.3) is 0 Å². The van der Waals surface area contributed by atoms with Gasteiger partial charge in [-0.3, -0.25) is 4.90 Å². The molecule has 1 aromatic heterocycles. The third-order valence-electron chi connectivity index (χ3n) is 3.08. The Balaban J connectivity index is 2.04. The number of thiazole rings is 1. The average Bonchev–Trinajstić information content (AvgIpc) is 2.98. The Morgan fingerprint density at radius 2 is 2.14 bits per heavy atom. The second kappa shape index (κ2) is 8.07. The van der Waals surface area contributed by atoms with Crippen LogP contribution in [-0.2, 0) is 17.8 Å². The van der Waals surface area contributed by atoms with Crippen LogP contribution in [0.5, 0.6) is 5.75 Å². The van der Waals surface area contributed by atoms with Crippen LogP contribution >= 0.6 is 11.3 Å². The molecule has 0 N–H and O–H groups in total. The van der Waals surface area contributed by atoms with E-state index in [0.29, 0.717) is 13.2 Å². The highest BCUT2D eigenvalue weighted by atomic mass is 32.1. The molecule has 0 unspecified atom stereocenters. The molecule has 2 aromatic rings. The van der Waals surface area contributed by atoms with Crippen molar-refractivity contribution in [1.29, 1.82) is 0 Å². The summed E-state index contributed by atoms with van der Waals surface area (Å²) in [5.74, 6) is -0.0712. The number of hydrogen-bond acceptors (Lipinski definition) is 5. The maximum absolute atomic E-state index is 13.8. The summed E-state index contributed by atoms with van der Waals surface area (Å²) in [6.07, 6.45) is 1.79. The van der Waals surface area contributed by atoms with E-state index in [4.69, 9.17) is 9.47 Å². The summed E-state index contributed by atoms with van der Waals surface area (Å²) in [6, 6.07) is 5.05. The summed E-state index contributed by atoms with van der Waals surface area (Å²) >= 11 is 1.62. The van der Waals surface area contributed by atoms with Gasteiger partial charge < -0.3 is 9.47 Å². The minimum Gasteiger partial charge on any atom is -0.494 e. The Kier molecular flexibility index (Phi) is 6.10. The van der Waals surface area contributed by atoms with Crippen LogP contribution in [0, 0.1) is 5.82 Å². The molecule has 0 aliphatic rings. The molecule has 0 aliphatic heterocycles. The second-order valence-electron chi connectivity index (χ2n) is 4.60. The summed E-state index contributed by atoms with van der Waals surface area (Å²) in [4.78, 5) is 6.48. The molecule has 0 atom stereocenters. The molecule has 0 saturated heterocycles. The van der Waals surface area contributed by atoms with E-state index in [2.05, 4.69) is 9.88 Å². The molecule has 21 heavy (non-hydrogen) atoms. The smallest absolute Gasteiger partial charge is 0.165 e. The van der Waals surface area contributed by atoms with E-state index in [9.17, 15) is 4.39 Å². The van der Waals surface area contributed by atoms with E-state index < -0.39 is 0 Å². The molecule has 0 fully saturated rings. The van der Waals surface area contributed by atoms with Crippen molar-refractivity contribution < 1.29 is 13.9 Å². The summed E-state index contributed by atoms with van der Waals surface area (Å²) in [7, 11) is 3.14. The molecular formula is C15H19FN2O2S. The minimum atomic E-state index is -0.337. The standard InChI is InChI=1S/C15H19FN2O2S/c1-19-7-6-18(11-15-17-5-8-21-15)10-12-3-4-14(20-2)13(16)9-12/h3-5,8-9H,6-7,10-11H2,1-2H3. The van der Waals surface area contributed by atoms with Gasteiger partial charge in [-0.2, -0.15) is 0 Å². The van der Waals surface area contributed by atoms with Crippen LogP contribution in [0.1, 0.15) is 10.6 Å². The lowest BCUT2D eigenvalue weighted by atomic mass is 10.2. The number of aromatic nitrogens is 1. The summed E-state index contributed by atoms with van der Waals surface area (Å²) in [5.41, 5.74) is 0.904. The summed E-state index contributed by atoms with van der Waals surface area (Å²) in [6.45, 7) is 2.77. The van der Waals surface area contributed by atoms with Crippen molar-refractivity contribution in [1.82, 2.24) is 9.88 Å². The molecule has 0 bridgehead atoms. The molecular weight excluding hydrogens is 291 g/mol. The highest BCUT2D eigenvalue weighted by Crippen LogP contribution is 2.19. The predicted octanol–water partition coefficient (Wildman–Crippen LogP) is 2.94. The van der Waals surface area contributed by atoms with Crippen molar-refractivity contribution in [3.8, 4) is 5.75 Å². The van der Waals surface area contributed by atoms with E-state index in [1.807, 2.05) is 11.4 Å². The van der Waals surface area contributed by atoms with Gasteiger partial charge in [0, 0.05) is 31.8 Å². The van der Waals surface area contributed by atoms with Gasteiger partial charge in [0.25, 0.3) is 0 Å². The first-order valence-electron chi connectivity index (χ1n) is 6.65. The number of hydrogen-bond donors (Lipinski definition) is 0. The maximum atomic E-state index is 13.8. The predicted molar refractivity (Wildman–Crippen MR) is 81.1 cm³/mol. The van der Waals surface area contributed by atoms with E-state index in [-0.39, 0.29) is 11.6 Å². The molecule has 114 valence electrons. The van der Waals surface area contributed by atoms with Gasteiger partial charge in [0.15, 0.2) is 11.6 Å². The monoisotopic (exact) mass is 310 g/mol. The summed E-state index contributed by atoms with van der Waals surface area (Å²) in [5, 5.41) is 3.00. The molecule has 0 aliphatic carbocycles. The lowest BCUT2D eigenvalue weighted by Crippen LogP contribution is -2.26. The van der Waals surface area contributed by atoms with Crippen LogP contribution in [0.2, 0.25) is 0 Å². The molecule has 4 nitrogen and oxygen atoms in total. The number of nitrogens with zero attached hydrogens (tertiary/aromatic N) is 2. The van der Waals surface area contributed by atoms with Crippen LogP contribution in [0.3, 0.4) is 0 Å². The SMILES string of the molecule is COCCN(Cc1ccc(OC)c(F)c1)Cc1nccs1. The molecule has 0 amide bonds. The van der Waals surface area contributed by atoms with Crippen molar-refractivity contribution in [2.45, 2.75) is 13.1 Å². The molecule has 0 spiro atoms. The quantitative estimate of drug-likeness (QED) is 0.751. The van der Waals surface area contributed by atoms with Crippen LogP contribution in [0.15, 0.2) is 29.8 Å². The lowest BCUT2D eigenvalue weighted by molar-refractivity contribution is 0.140. The largest absolute Gasteiger partial charge is 0.494 e. The fourth-order valence-corrected chi connectivity index (χ4v) is 2.68. The van der Waals surface area contributed by atoms with Crippen LogP contribution < -0.4 is 4.74 Å². The topological polar surface area (TPSA) is 34.6 Å². The van der Waals surface area contributed by atoms with Crippen LogP contribution in [-0.4, -0.2) is 37.3 Å². The third kappa shape index (κ3) is 4.77. The Labute approximate surface area is 128 Å². The molecule has 1 aromatic carbocycles. The zero-order valence-corrected chi connectivity index (χ0v) is 13.0. The van der Waals surface area contributed by atoms with Crippen molar-refractivity contribution >= 4 is 11.3 Å². The normalized spacial score (nSPS) is 11.0. The Morgan fingerprint density at radius 3 is 2.76 bits per heavy atom. The van der Waals surface area contributed by atoms with E-state index in [1.165, 1.54) is 13.2 Å². The Morgan fingerprint density at radius 1 is 1.29 bits per heavy atom. The highest BCUT2D eigenvalue weighted by molar-refractivity contribution is 7.09. The molecule has 0 saturated carbocycles. The number of rotatable bonds is 8. The van der Waals surface area contributed by atoms with Gasteiger partial charge in [0.05, 0.1) is 20.3 Å². The van der Waals surface area contributed by atoms with Gasteiger partial charge >= 0.3 is 0 Å². The van der Waals surface area contributed by atoms with Gasteiger partial charge in [0.1, 0.15) is 5.01 Å². The first kappa shape index (κ1) is 15.9. The first-order chi connectivity index (χ1) is 10.2. The maximum Gasteiger partial charge on any atom is 0.165 e. The third-order valence-corrected chi connectivity index (χ3v) is 3.84. The number of methoxy groups -OCH3 is 2. The van der Waals surface area contributed by atoms with Gasteiger partial charge in [-0.25, -0.2) is 9.37 Å². The van der Waals surface area contributed by atoms with E-state index in [1.54, 1.807) is 30.7 Å². The summed E-state index contributed by atoms with van der Waals surface area (Å²) < 4.78 is 23.8. The molecule has 1 heterocycles. The fraction of sp³-hybridized carbons (Fsp3) is 0.400. The zero-order chi connectivity index (χ0) is 15.1. The van der Waals surface area contributed by atoms with E-state index in [0.717, 1.165) is 23.7 Å². The minimum absolute atomic E-state index is 0.266. The first-order valence-corrected chi connectivity index (χ1v) is 7.53. The molecule has 6 heteroatoms. The van der Waals surface area contributed by atoms with Gasteiger partial charge in [-0.05, 0) is 17.7 Å². The van der Waals surface area contributed by atoms with Crippen molar-refractivity contribution in [3.63, 3.8) is 0 Å². The van der Waals surface area contributed by atoms with Gasteiger partial charge in [0.2, 0.25) is 0 Å². The lowest BCUT2D eigenvalue weighted by Gasteiger charge is -2.21. The molecule has 2 rings (SSSR count). The Bertz CT molecular complexity index is 549. The average molecular weight is 310 g/mol. The fourth-order valence-electron chi connectivity index (χ4n) is 2.02.